The van der Waals surface area contributed by atoms with Crippen LogP contribution < -0.4 is 5.32 Å². The van der Waals surface area contributed by atoms with Gasteiger partial charge in [-0.1, -0.05) is 0 Å². The maximum atomic E-state index is 4.49. The molecule has 0 unspecified atom stereocenters. The summed E-state index contributed by atoms with van der Waals surface area (Å²) in [4.78, 5) is 0. The van der Waals surface area contributed by atoms with Gasteiger partial charge >= 0.3 is 0 Å². The van der Waals surface area contributed by atoms with E-state index in [0.717, 1.165) is 19.0 Å². The van der Waals surface area contributed by atoms with Gasteiger partial charge in [-0.15, -0.1) is 0 Å². The van der Waals surface area contributed by atoms with Gasteiger partial charge in [0.15, 0.2) is 0 Å². The Kier molecular flexibility index (Phi) is 2.05. The Balaban J connectivity index is 1.82. The molecule has 0 amide bonds. The molecule has 3 heteroatoms. The lowest BCUT2D eigenvalue weighted by Gasteiger charge is -2.24. The summed E-state index contributed by atoms with van der Waals surface area (Å²) in [6.07, 6.45) is 7.19. The quantitative estimate of drug-likeness (QED) is 0.771. The first-order valence-corrected chi connectivity index (χ1v) is 5.69. The minimum atomic E-state index is 0.654. The molecular weight excluding hydrogens is 174 g/mol. The maximum Gasteiger partial charge on any atom is 0.0546 e. The standard InChI is InChI=1S/C11H17N3/c1-2-9(1)11-5-8-13-14(11)10-3-6-12-7-4-10/h5,8-10,12H,1-4,6-7H2. The van der Waals surface area contributed by atoms with Crippen LogP contribution in [0.25, 0.3) is 0 Å². The fourth-order valence-corrected chi connectivity index (χ4v) is 2.38. The van der Waals surface area contributed by atoms with Crippen LogP contribution in [0.5, 0.6) is 0 Å². The molecule has 1 aromatic rings. The first kappa shape index (κ1) is 8.48. The van der Waals surface area contributed by atoms with Crippen LogP contribution in [0.1, 0.15) is 43.3 Å². The molecule has 0 atom stereocenters. The summed E-state index contributed by atoms with van der Waals surface area (Å²) in [7, 11) is 0. The van der Waals surface area contributed by atoms with Crippen molar-refractivity contribution in [2.75, 3.05) is 13.1 Å². The SMILES string of the molecule is c1cc(C2CC2)n(C2CCNCC2)n1. The number of aromatic nitrogens is 2. The second-order valence-electron chi connectivity index (χ2n) is 4.46. The molecule has 0 aromatic carbocycles. The molecule has 2 aliphatic rings. The molecule has 0 spiro atoms. The average molecular weight is 191 g/mol. The third-order valence-electron chi connectivity index (χ3n) is 3.35. The second kappa shape index (κ2) is 3.39. The first-order valence-electron chi connectivity index (χ1n) is 5.69. The summed E-state index contributed by atoms with van der Waals surface area (Å²) >= 11 is 0. The topological polar surface area (TPSA) is 29.9 Å². The van der Waals surface area contributed by atoms with E-state index in [4.69, 9.17) is 0 Å². The Bertz CT molecular complexity index is 308. The van der Waals surface area contributed by atoms with Crippen LogP contribution in [0.4, 0.5) is 0 Å². The molecule has 2 heterocycles. The van der Waals surface area contributed by atoms with Crippen molar-refractivity contribution in [3.05, 3.63) is 18.0 Å². The molecule has 1 saturated heterocycles. The van der Waals surface area contributed by atoms with Gasteiger partial charge in [-0.2, -0.15) is 5.10 Å². The smallest absolute Gasteiger partial charge is 0.0546 e. The number of hydrogen-bond acceptors (Lipinski definition) is 2. The molecule has 3 nitrogen and oxygen atoms in total. The van der Waals surface area contributed by atoms with E-state index in [1.54, 1.807) is 0 Å². The Labute approximate surface area is 84.5 Å². The highest BCUT2D eigenvalue weighted by atomic mass is 15.3. The van der Waals surface area contributed by atoms with Crippen LogP contribution in [-0.4, -0.2) is 22.9 Å². The number of piperidine rings is 1. The normalized spacial score (nSPS) is 24.0. The molecule has 0 radical (unpaired) electrons. The van der Waals surface area contributed by atoms with Crippen molar-refractivity contribution in [2.45, 2.75) is 37.6 Å². The molecule has 1 aromatic heterocycles. The first-order chi connectivity index (χ1) is 6.95. The Morgan fingerprint density at radius 2 is 2.00 bits per heavy atom. The largest absolute Gasteiger partial charge is 0.317 e. The van der Waals surface area contributed by atoms with Gasteiger partial charge in [-0.05, 0) is 44.8 Å². The molecule has 3 rings (SSSR count). The number of nitrogens with one attached hydrogen (secondary N) is 1. The lowest BCUT2D eigenvalue weighted by molar-refractivity contribution is 0.335. The van der Waals surface area contributed by atoms with Crippen molar-refractivity contribution in [1.82, 2.24) is 15.1 Å². The molecule has 14 heavy (non-hydrogen) atoms. The summed E-state index contributed by atoms with van der Waals surface area (Å²) in [5.41, 5.74) is 1.48. The Hall–Kier alpha value is -0.830. The van der Waals surface area contributed by atoms with E-state index in [2.05, 4.69) is 21.2 Å². The zero-order valence-corrected chi connectivity index (χ0v) is 8.45. The summed E-state index contributed by atoms with van der Waals surface area (Å²) < 4.78 is 2.29. The highest BCUT2D eigenvalue weighted by molar-refractivity contribution is 5.14. The van der Waals surface area contributed by atoms with Crippen LogP contribution in [0, 0.1) is 0 Å². The van der Waals surface area contributed by atoms with Crippen LogP contribution in [-0.2, 0) is 0 Å². The highest BCUT2D eigenvalue weighted by Gasteiger charge is 2.29. The van der Waals surface area contributed by atoms with Crippen molar-refractivity contribution in [2.24, 2.45) is 0 Å². The molecular formula is C11H17N3. The van der Waals surface area contributed by atoms with Crippen LogP contribution in [0.15, 0.2) is 12.3 Å². The zero-order valence-electron chi connectivity index (χ0n) is 8.45. The number of rotatable bonds is 2. The minimum absolute atomic E-state index is 0.654. The number of nitrogens with zero attached hydrogens (tertiary/aromatic N) is 2. The van der Waals surface area contributed by atoms with E-state index in [9.17, 15) is 0 Å². The van der Waals surface area contributed by atoms with Gasteiger partial charge in [0, 0.05) is 17.8 Å². The van der Waals surface area contributed by atoms with E-state index in [0.29, 0.717) is 6.04 Å². The van der Waals surface area contributed by atoms with E-state index in [-0.39, 0.29) is 0 Å². The van der Waals surface area contributed by atoms with Crippen LogP contribution in [0.2, 0.25) is 0 Å². The fourth-order valence-electron chi connectivity index (χ4n) is 2.38. The average Bonchev–Trinajstić information content (AvgIpc) is 2.98. The minimum Gasteiger partial charge on any atom is -0.317 e. The van der Waals surface area contributed by atoms with E-state index in [1.807, 2.05) is 6.20 Å². The fraction of sp³-hybridized carbons (Fsp3) is 0.727. The summed E-state index contributed by atoms with van der Waals surface area (Å²) in [6.45, 7) is 2.29. The van der Waals surface area contributed by atoms with Crippen LogP contribution >= 0.6 is 0 Å². The Morgan fingerprint density at radius 3 is 2.71 bits per heavy atom. The van der Waals surface area contributed by atoms with Gasteiger partial charge in [0.2, 0.25) is 0 Å². The van der Waals surface area contributed by atoms with Gasteiger partial charge < -0.3 is 5.32 Å². The molecule has 2 fully saturated rings. The molecule has 1 aliphatic heterocycles. The molecule has 1 aliphatic carbocycles. The molecule has 76 valence electrons. The lowest BCUT2D eigenvalue weighted by atomic mass is 10.1. The second-order valence-corrected chi connectivity index (χ2v) is 4.46. The van der Waals surface area contributed by atoms with E-state index >= 15 is 0 Å². The molecule has 0 bridgehead atoms. The highest BCUT2D eigenvalue weighted by Crippen LogP contribution is 2.41. The summed E-state index contributed by atoms with van der Waals surface area (Å²) in [5.74, 6) is 0.826. The van der Waals surface area contributed by atoms with Gasteiger partial charge in [-0.25, -0.2) is 0 Å². The van der Waals surface area contributed by atoms with Gasteiger partial charge in [0.25, 0.3) is 0 Å². The third-order valence-corrected chi connectivity index (χ3v) is 3.35. The lowest BCUT2D eigenvalue weighted by Crippen LogP contribution is -2.30. The third kappa shape index (κ3) is 1.46. The van der Waals surface area contributed by atoms with Gasteiger partial charge in [0.05, 0.1) is 6.04 Å². The number of hydrogen-bond donors (Lipinski definition) is 1. The summed E-state index contributed by atoms with van der Waals surface area (Å²) in [6, 6.07) is 2.86. The molecule has 1 saturated carbocycles. The predicted octanol–water partition coefficient (Wildman–Crippen LogP) is 1.68. The van der Waals surface area contributed by atoms with Gasteiger partial charge in [-0.3, -0.25) is 4.68 Å². The monoisotopic (exact) mass is 191 g/mol. The predicted molar refractivity (Wildman–Crippen MR) is 55.3 cm³/mol. The van der Waals surface area contributed by atoms with Crippen LogP contribution in [0.3, 0.4) is 0 Å². The van der Waals surface area contributed by atoms with Crippen molar-refractivity contribution in [3.8, 4) is 0 Å². The van der Waals surface area contributed by atoms with Gasteiger partial charge in [0.1, 0.15) is 0 Å². The van der Waals surface area contributed by atoms with E-state index in [1.165, 1.54) is 31.4 Å². The molecule has 1 N–H and O–H groups in total. The van der Waals surface area contributed by atoms with Crippen molar-refractivity contribution < 1.29 is 0 Å². The van der Waals surface area contributed by atoms with Crippen molar-refractivity contribution in [1.29, 1.82) is 0 Å². The maximum absolute atomic E-state index is 4.49. The van der Waals surface area contributed by atoms with Crippen molar-refractivity contribution >= 4 is 0 Å². The van der Waals surface area contributed by atoms with E-state index < -0.39 is 0 Å². The summed E-state index contributed by atoms with van der Waals surface area (Å²) in [5, 5.41) is 7.89. The zero-order chi connectivity index (χ0) is 9.38. The van der Waals surface area contributed by atoms with Crippen molar-refractivity contribution in [3.63, 3.8) is 0 Å². The Morgan fingerprint density at radius 1 is 1.21 bits per heavy atom.